The smallest absolute Gasteiger partial charge is 0.416 e. The summed E-state index contributed by atoms with van der Waals surface area (Å²) in [5.74, 6) is 5.72. The summed E-state index contributed by atoms with van der Waals surface area (Å²) in [6.07, 6.45) is -4.43. The number of thiophene rings is 1. The summed E-state index contributed by atoms with van der Waals surface area (Å²) in [7, 11) is 3.01. The number of nitrogens with zero attached hydrogens (tertiary/aromatic N) is 2. The van der Waals surface area contributed by atoms with Crippen molar-refractivity contribution in [1.29, 1.82) is 0 Å². The number of ether oxygens (including phenoxy) is 2. The molecule has 1 aromatic carbocycles. The van der Waals surface area contributed by atoms with E-state index < -0.39 is 11.7 Å². The van der Waals surface area contributed by atoms with Crippen LogP contribution in [0.1, 0.15) is 32.2 Å². The number of carbonyl (C=O) groups is 1. The molecule has 3 rings (SSSR count). The molecule has 0 saturated carbocycles. The monoisotopic (exact) mass is 449 g/mol. The molecule has 162 valence electrons. The molecule has 0 radical (unpaired) electrons. The summed E-state index contributed by atoms with van der Waals surface area (Å²) >= 11 is 1.19. The van der Waals surface area contributed by atoms with Gasteiger partial charge in [-0.25, -0.2) is 4.98 Å². The van der Waals surface area contributed by atoms with E-state index in [4.69, 9.17) is 9.47 Å². The van der Waals surface area contributed by atoms with Crippen LogP contribution in [-0.4, -0.2) is 36.6 Å². The number of alkyl halides is 3. The van der Waals surface area contributed by atoms with Crippen molar-refractivity contribution in [2.75, 3.05) is 20.8 Å². The molecule has 0 unspecified atom stereocenters. The number of methoxy groups -OCH3 is 2. The highest BCUT2D eigenvalue weighted by Gasteiger charge is 2.30. The molecule has 0 saturated heterocycles. The fourth-order valence-electron chi connectivity index (χ4n) is 2.83. The summed E-state index contributed by atoms with van der Waals surface area (Å²) in [6.45, 7) is 1.94. The Hall–Kier alpha value is -3.16. The highest BCUT2D eigenvalue weighted by molar-refractivity contribution is 7.20. The van der Waals surface area contributed by atoms with Gasteiger partial charge < -0.3 is 14.8 Å². The maximum atomic E-state index is 12.8. The van der Waals surface area contributed by atoms with Gasteiger partial charge in [0.1, 0.15) is 11.4 Å². The number of hydrogen-bond donors (Lipinski definition) is 1. The number of rotatable bonds is 5. The lowest BCUT2D eigenvalue weighted by atomic mass is 10.1. The number of nitrogens with one attached hydrogen (secondary N) is 1. The van der Waals surface area contributed by atoms with Crippen LogP contribution in [-0.2, 0) is 17.5 Å². The average Bonchev–Trinajstić information content (AvgIpc) is 3.07. The first kappa shape index (κ1) is 22.5. The van der Waals surface area contributed by atoms with Crippen molar-refractivity contribution < 1.29 is 27.4 Å². The molecule has 0 aliphatic carbocycles. The third-order valence-corrected chi connectivity index (χ3v) is 5.42. The SMILES string of the molecule is COCc1nc(OC)c2c(C)c(C(=O)NCC#Cc3cccc(C(F)(F)F)c3)sc2n1. The van der Waals surface area contributed by atoms with Crippen LogP contribution in [0.25, 0.3) is 10.2 Å². The minimum atomic E-state index is -4.43. The van der Waals surface area contributed by atoms with Crippen molar-refractivity contribution in [3.05, 3.63) is 51.7 Å². The lowest BCUT2D eigenvalue weighted by Gasteiger charge is -2.05. The average molecular weight is 449 g/mol. The first-order valence-electron chi connectivity index (χ1n) is 9.02. The van der Waals surface area contributed by atoms with E-state index in [-0.39, 0.29) is 24.6 Å². The van der Waals surface area contributed by atoms with Gasteiger partial charge in [0.25, 0.3) is 5.91 Å². The summed E-state index contributed by atoms with van der Waals surface area (Å²) in [5.41, 5.74) is 0.115. The highest BCUT2D eigenvalue weighted by atomic mass is 32.1. The topological polar surface area (TPSA) is 73.3 Å². The molecule has 0 spiro atoms. The van der Waals surface area contributed by atoms with Gasteiger partial charge in [0.2, 0.25) is 5.88 Å². The number of halogens is 3. The molecule has 0 aliphatic rings. The van der Waals surface area contributed by atoms with Crippen LogP contribution in [0.3, 0.4) is 0 Å². The summed E-state index contributed by atoms with van der Waals surface area (Å²) in [6, 6.07) is 4.71. The maximum absolute atomic E-state index is 12.8. The lowest BCUT2D eigenvalue weighted by molar-refractivity contribution is -0.137. The molecule has 2 heterocycles. The number of fused-ring (bicyclic) bond motifs is 1. The van der Waals surface area contributed by atoms with E-state index in [0.717, 1.165) is 12.1 Å². The minimum absolute atomic E-state index is 0.0273. The molecule has 0 atom stereocenters. The Balaban J connectivity index is 1.76. The fourth-order valence-corrected chi connectivity index (χ4v) is 3.93. The van der Waals surface area contributed by atoms with Crippen LogP contribution in [0, 0.1) is 18.8 Å². The Morgan fingerprint density at radius 3 is 2.71 bits per heavy atom. The third-order valence-electron chi connectivity index (χ3n) is 4.24. The van der Waals surface area contributed by atoms with Gasteiger partial charge in [-0.2, -0.15) is 18.2 Å². The predicted octanol–water partition coefficient (Wildman–Crippen LogP) is 3.96. The first-order valence-corrected chi connectivity index (χ1v) is 9.83. The van der Waals surface area contributed by atoms with Crippen LogP contribution < -0.4 is 10.1 Å². The van der Waals surface area contributed by atoms with Crippen molar-refractivity contribution in [3.8, 4) is 17.7 Å². The third kappa shape index (κ3) is 5.13. The van der Waals surface area contributed by atoms with E-state index in [1.807, 2.05) is 0 Å². The first-order chi connectivity index (χ1) is 14.7. The standard InChI is InChI=1S/C21H18F3N3O3S/c1-12-16-19(30-3)26-15(11-29-2)27-20(16)31-17(12)18(28)25-9-5-7-13-6-4-8-14(10-13)21(22,23)24/h4,6,8,10H,9,11H2,1-3H3,(H,25,28). The Bertz CT molecular complexity index is 1180. The zero-order valence-electron chi connectivity index (χ0n) is 16.9. The number of amides is 1. The summed E-state index contributed by atoms with van der Waals surface area (Å²) in [5, 5.41) is 3.30. The van der Waals surface area contributed by atoms with Gasteiger partial charge in [0, 0.05) is 12.7 Å². The second kappa shape index (κ2) is 9.32. The predicted molar refractivity (Wildman–Crippen MR) is 110 cm³/mol. The minimum Gasteiger partial charge on any atom is -0.480 e. The number of benzene rings is 1. The second-order valence-corrected chi connectivity index (χ2v) is 7.38. The Morgan fingerprint density at radius 2 is 2.03 bits per heavy atom. The van der Waals surface area contributed by atoms with Gasteiger partial charge in [-0.1, -0.05) is 17.9 Å². The number of aromatic nitrogens is 2. The Morgan fingerprint density at radius 1 is 1.26 bits per heavy atom. The molecule has 6 nitrogen and oxygen atoms in total. The van der Waals surface area contributed by atoms with Gasteiger partial charge >= 0.3 is 6.18 Å². The van der Waals surface area contributed by atoms with Gasteiger partial charge in [0.15, 0.2) is 5.82 Å². The van der Waals surface area contributed by atoms with Crippen molar-refractivity contribution >= 4 is 27.5 Å². The molecule has 10 heteroatoms. The van der Waals surface area contributed by atoms with Gasteiger partial charge in [-0.15, -0.1) is 11.3 Å². The molecular formula is C21H18F3N3O3S. The van der Waals surface area contributed by atoms with Crippen molar-refractivity contribution in [1.82, 2.24) is 15.3 Å². The van der Waals surface area contributed by atoms with Crippen LogP contribution in [0.5, 0.6) is 5.88 Å². The van der Waals surface area contributed by atoms with Crippen LogP contribution in [0.15, 0.2) is 24.3 Å². The normalized spacial score (nSPS) is 11.2. The van der Waals surface area contributed by atoms with Gasteiger partial charge in [0.05, 0.1) is 29.5 Å². The zero-order chi connectivity index (χ0) is 22.6. The van der Waals surface area contributed by atoms with Crippen LogP contribution in [0.4, 0.5) is 13.2 Å². The fraction of sp³-hybridized carbons (Fsp3) is 0.286. The van der Waals surface area contributed by atoms with E-state index in [1.54, 1.807) is 6.92 Å². The van der Waals surface area contributed by atoms with Crippen molar-refractivity contribution in [2.45, 2.75) is 19.7 Å². The molecule has 1 N–H and O–H groups in total. The van der Waals surface area contributed by atoms with Gasteiger partial charge in [-0.05, 0) is 30.7 Å². The molecule has 0 fully saturated rings. The number of carbonyl (C=O) groups excluding carboxylic acids is 1. The highest BCUT2D eigenvalue weighted by Crippen LogP contribution is 2.35. The Kier molecular flexibility index (Phi) is 6.77. The maximum Gasteiger partial charge on any atom is 0.416 e. The molecule has 0 aliphatic heterocycles. The molecule has 1 amide bonds. The van der Waals surface area contributed by atoms with E-state index in [9.17, 15) is 18.0 Å². The molecule has 2 aromatic heterocycles. The van der Waals surface area contributed by atoms with E-state index >= 15 is 0 Å². The molecule has 3 aromatic rings. The lowest BCUT2D eigenvalue weighted by Crippen LogP contribution is -2.23. The summed E-state index contributed by atoms with van der Waals surface area (Å²) in [4.78, 5) is 22.3. The van der Waals surface area contributed by atoms with Gasteiger partial charge in [-0.3, -0.25) is 4.79 Å². The van der Waals surface area contributed by atoms with Crippen LogP contribution in [0.2, 0.25) is 0 Å². The van der Waals surface area contributed by atoms with E-state index in [2.05, 4.69) is 27.1 Å². The molecule has 31 heavy (non-hydrogen) atoms. The largest absolute Gasteiger partial charge is 0.480 e. The van der Waals surface area contributed by atoms with Crippen molar-refractivity contribution in [3.63, 3.8) is 0 Å². The second-order valence-electron chi connectivity index (χ2n) is 6.38. The van der Waals surface area contributed by atoms with E-state index in [1.165, 1.54) is 37.7 Å². The quantitative estimate of drug-likeness (QED) is 0.597. The number of hydrogen-bond acceptors (Lipinski definition) is 6. The Labute approximate surface area is 180 Å². The van der Waals surface area contributed by atoms with Crippen molar-refractivity contribution in [2.24, 2.45) is 0 Å². The number of aryl methyl sites for hydroxylation is 1. The van der Waals surface area contributed by atoms with Crippen LogP contribution >= 0.6 is 11.3 Å². The molecule has 0 bridgehead atoms. The summed E-state index contributed by atoms with van der Waals surface area (Å²) < 4.78 is 48.7. The van der Waals surface area contributed by atoms with E-state index in [0.29, 0.717) is 32.4 Å². The zero-order valence-corrected chi connectivity index (χ0v) is 17.7. The molecular weight excluding hydrogens is 431 g/mol.